The molecule has 0 radical (unpaired) electrons. The van der Waals surface area contributed by atoms with Gasteiger partial charge in [-0.05, 0) is 48.6 Å². The van der Waals surface area contributed by atoms with Crippen molar-refractivity contribution in [2.24, 2.45) is 0 Å². The minimum absolute atomic E-state index is 0.0759. The lowest BCUT2D eigenvalue weighted by Crippen LogP contribution is -2.43. The Kier molecular flexibility index (Phi) is 5.26. The van der Waals surface area contributed by atoms with Crippen molar-refractivity contribution in [3.63, 3.8) is 0 Å². The molecular formula is C15H14FN3O2S. The van der Waals surface area contributed by atoms with Crippen LogP contribution >= 0.6 is 12.2 Å². The van der Waals surface area contributed by atoms with E-state index in [9.17, 15) is 9.18 Å². The molecule has 2 rings (SSSR count). The van der Waals surface area contributed by atoms with Crippen molar-refractivity contribution >= 4 is 28.9 Å². The number of benzene rings is 2. The molecule has 0 aromatic heterocycles. The zero-order chi connectivity index (χ0) is 15.9. The fourth-order valence-corrected chi connectivity index (χ4v) is 1.81. The molecule has 1 amide bonds. The quantitative estimate of drug-likeness (QED) is 0.599. The Balaban J connectivity index is 1.87. The molecule has 0 aliphatic heterocycles. The van der Waals surface area contributed by atoms with Gasteiger partial charge in [0, 0.05) is 5.56 Å². The van der Waals surface area contributed by atoms with Gasteiger partial charge >= 0.3 is 0 Å². The lowest BCUT2D eigenvalue weighted by molar-refractivity contribution is 0.0944. The third-order valence-corrected chi connectivity index (χ3v) is 2.97. The Morgan fingerprint density at radius 2 is 1.77 bits per heavy atom. The molecular weight excluding hydrogens is 305 g/mol. The molecule has 22 heavy (non-hydrogen) atoms. The normalized spacial score (nSPS) is 9.73. The highest BCUT2D eigenvalue weighted by molar-refractivity contribution is 7.80. The summed E-state index contributed by atoms with van der Waals surface area (Å²) in [6.45, 7) is 0. The number of amides is 1. The molecule has 114 valence electrons. The molecule has 0 spiro atoms. The van der Waals surface area contributed by atoms with E-state index < -0.39 is 5.82 Å². The van der Waals surface area contributed by atoms with Gasteiger partial charge in [0.2, 0.25) is 0 Å². The second-order valence-corrected chi connectivity index (χ2v) is 4.65. The van der Waals surface area contributed by atoms with Crippen LogP contribution in [0.2, 0.25) is 0 Å². The van der Waals surface area contributed by atoms with Crippen molar-refractivity contribution in [1.82, 2.24) is 10.9 Å². The van der Waals surface area contributed by atoms with E-state index in [0.717, 1.165) is 0 Å². The maximum Gasteiger partial charge on any atom is 0.269 e. The smallest absolute Gasteiger partial charge is 0.269 e. The molecule has 0 unspecified atom stereocenters. The van der Waals surface area contributed by atoms with Crippen LogP contribution in [0.1, 0.15) is 10.4 Å². The number of hydrazine groups is 1. The summed E-state index contributed by atoms with van der Waals surface area (Å²) >= 11 is 4.98. The van der Waals surface area contributed by atoms with E-state index in [4.69, 9.17) is 17.0 Å². The fourth-order valence-electron chi connectivity index (χ4n) is 1.64. The Morgan fingerprint density at radius 3 is 2.41 bits per heavy atom. The third kappa shape index (κ3) is 4.16. The van der Waals surface area contributed by atoms with Gasteiger partial charge in [-0.3, -0.25) is 15.6 Å². The largest absolute Gasteiger partial charge is 0.497 e. The van der Waals surface area contributed by atoms with Crippen molar-refractivity contribution in [2.45, 2.75) is 0 Å². The number of rotatable bonds is 3. The molecule has 0 saturated heterocycles. The molecule has 0 fully saturated rings. The Morgan fingerprint density at radius 1 is 1.09 bits per heavy atom. The number of carbonyl (C=O) groups excluding carboxylic acids is 1. The van der Waals surface area contributed by atoms with Crippen LogP contribution in [0.15, 0.2) is 48.5 Å². The number of thiocarbonyl (C=S) groups is 1. The highest BCUT2D eigenvalue weighted by atomic mass is 32.1. The molecule has 3 N–H and O–H groups in total. The SMILES string of the molecule is COc1ccc(C(=O)NNC(=S)Nc2ccccc2F)cc1. The number of hydrogen-bond acceptors (Lipinski definition) is 3. The van der Waals surface area contributed by atoms with Crippen molar-refractivity contribution in [1.29, 1.82) is 0 Å². The summed E-state index contributed by atoms with van der Waals surface area (Å²) in [5.41, 5.74) is 5.58. The first-order valence-electron chi connectivity index (χ1n) is 6.36. The van der Waals surface area contributed by atoms with Crippen LogP contribution in [-0.4, -0.2) is 18.1 Å². The minimum atomic E-state index is -0.437. The van der Waals surface area contributed by atoms with Gasteiger partial charge in [0.05, 0.1) is 12.8 Å². The summed E-state index contributed by atoms with van der Waals surface area (Å²) in [4.78, 5) is 11.9. The van der Waals surface area contributed by atoms with Crippen LogP contribution < -0.4 is 20.9 Å². The number of methoxy groups -OCH3 is 1. The van der Waals surface area contributed by atoms with Crippen LogP contribution in [-0.2, 0) is 0 Å². The maximum absolute atomic E-state index is 13.4. The lowest BCUT2D eigenvalue weighted by atomic mass is 10.2. The Hall–Kier alpha value is -2.67. The zero-order valence-corrected chi connectivity index (χ0v) is 12.5. The number of carbonyl (C=O) groups is 1. The third-order valence-electron chi connectivity index (χ3n) is 2.76. The Labute approximate surface area is 132 Å². The molecule has 0 bridgehead atoms. The summed E-state index contributed by atoms with van der Waals surface area (Å²) in [7, 11) is 1.55. The minimum Gasteiger partial charge on any atom is -0.497 e. The van der Waals surface area contributed by atoms with E-state index in [1.54, 1.807) is 43.5 Å². The molecule has 0 aliphatic rings. The van der Waals surface area contributed by atoms with Gasteiger partial charge in [0.1, 0.15) is 11.6 Å². The van der Waals surface area contributed by atoms with Crippen LogP contribution in [0.3, 0.4) is 0 Å². The van der Waals surface area contributed by atoms with E-state index in [1.165, 1.54) is 12.1 Å². The molecule has 5 nitrogen and oxygen atoms in total. The van der Waals surface area contributed by atoms with E-state index in [1.807, 2.05) is 0 Å². The first-order chi connectivity index (χ1) is 10.6. The number of para-hydroxylation sites is 1. The van der Waals surface area contributed by atoms with Crippen LogP contribution in [0.5, 0.6) is 5.75 Å². The number of anilines is 1. The number of ether oxygens (including phenoxy) is 1. The molecule has 2 aromatic carbocycles. The topological polar surface area (TPSA) is 62.4 Å². The molecule has 0 atom stereocenters. The maximum atomic E-state index is 13.4. The molecule has 0 heterocycles. The average Bonchev–Trinajstić information content (AvgIpc) is 2.55. The average molecular weight is 319 g/mol. The van der Waals surface area contributed by atoms with Crippen LogP contribution in [0, 0.1) is 5.82 Å². The van der Waals surface area contributed by atoms with Gasteiger partial charge in [-0.25, -0.2) is 4.39 Å². The van der Waals surface area contributed by atoms with Gasteiger partial charge in [-0.1, -0.05) is 12.1 Å². The summed E-state index contributed by atoms with van der Waals surface area (Å²) in [6, 6.07) is 12.7. The van der Waals surface area contributed by atoms with Gasteiger partial charge in [0.25, 0.3) is 5.91 Å². The predicted octanol–water partition coefficient (Wildman–Crippen LogP) is 2.47. The fraction of sp³-hybridized carbons (Fsp3) is 0.0667. The molecule has 0 aliphatic carbocycles. The van der Waals surface area contributed by atoms with Gasteiger partial charge in [0.15, 0.2) is 5.11 Å². The number of hydrogen-bond donors (Lipinski definition) is 3. The highest BCUT2D eigenvalue weighted by Gasteiger charge is 2.07. The van der Waals surface area contributed by atoms with Gasteiger partial charge in [-0.2, -0.15) is 0 Å². The van der Waals surface area contributed by atoms with E-state index in [2.05, 4.69) is 16.2 Å². The summed E-state index contributed by atoms with van der Waals surface area (Å²) in [5.74, 6) is -0.158. The second kappa shape index (κ2) is 7.37. The Bertz CT molecular complexity index is 677. The van der Waals surface area contributed by atoms with Crippen LogP contribution in [0.4, 0.5) is 10.1 Å². The first kappa shape index (κ1) is 15.7. The summed E-state index contributed by atoms with van der Waals surface area (Å²) < 4.78 is 18.4. The van der Waals surface area contributed by atoms with Crippen molar-refractivity contribution < 1.29 is 13.9 Å². The monoisotopic (exact) mass is 319 g/mol. The lowest BCUT2D eigenvalue weighted by Gasteiger charge is -2.12. The van der Waals surface area contributed by atoms with Gasteiger partial charge in [-0.15, -0.1) is 0 Å². The number of halogens is 1. The van der Waals surface area contributed by atoms with Crippen LogP contribution in [0.25, 0.3) is 0 Å². The second-order valence-electron chi connectivity index (χ2n) is 4.24. The summed E-state index contributed by atoms with van der Waals surface area (Å²) in [6.07, 6.45) is 0. The molecule has 7 heteroatoms. The molecule has 0 saturated carbocycles. The predicted molar refractivity (Wildman–Crippen MR) is 86.2 cm³/mol. The van der Waals surface area contributed by atoms with E-state index >= 15 is 0 Å². The standard InChI is InChI=1S/C15H14FN3O2S/c1-21-11-8-6-10(7-9-11)14(20)18-19-15(22)17-13-5-3-2-4-12(13)16/h2-9H,1H3,(H,18,20)(H2,17,19,22). The molecule has 2 aromatic rings. The van der Waals surface area contributed by atoms with Crippen molar-refractivity contribution in [3.05, 3.63) is 59.9 Å². The first-order valence-corrected chi connectivity index (χ1v) is 6.77. The van der Waals surface area contributed by atoms with E-state index in [0.29, 0.717) is 11.3 Å². The van der Waals surface area contributed by atoms with Crippen molar-refractivity contribution in [3.8, 4) is 5.75 Å². The van der Waals surface area contributed by atoms with E-state index in [-0.39, 0.29) is 16.7 Å². The highest BCUT2D eigenvalue weighted by Crippen LogP contribution is 2.12. The van der Waals surface area contributed by atoms with Crippen molar-refractivity contribution in [2.75, 3.05) is 12.4 Å². The van der Waals surface area contributed by atoms with Gasteiger partial charge < -0.3 is 10.1 Å². The summed E-state index contributed by atoms with van der Waals surface area (Å²) in [5, 5.41) is 2.72. The zero-order valence-electron chi connectivity index (χ0n) is 11.7. The number of nitrogens with one attached hydrogen (secondary N) is 3.